The van der Waals surface area contributed by atoms with E-state index in [1.165, 1.54) is 0 Å². The second-order valence-corrected chi connectivity index (χ2v) is 5.08. The second kappa shape index (κ2) is 7.60. The molecular formula is C15H26N2O2. The lowest BCUT2D eigenvalue weighted by Gasteiger charge is -2.38. The Morgan fingerprint density at radius 3 is 2.47 bits per heavy atom. The molecule has 1 aromatic carbocycles. The topological polar surface area (TPSA) is 44.7 Å². The number of aliphatic hydroxyl groups excluding tert-OH is 1. The lowest BCUT2D eigenvalue weighted by molar-refractivity contribution is 0.0715. The van der Waals surface area contributed by atoms with Crippen LogP contribution in [-0.4, -0.2) is 57.0 Å². The van der Waals surface area contributed by atoms with Crippen LogP contribution >= 0.6 is 0 Å². The van der Waals surface area contributed by atoms with Crippen molar-refractivity contribution in [1.29, 1.82) is 0 Å². The number of nitrogens with zero attached hydrogens (tertiary/aromatic N) is 1. The molecule has 0 heterocycles. The highest BCUT2D eigenvalue weighted by atomic mass is 16.5. The summed E-state index contributed by atoms with van der Waals surface area (Å²) < 4.78 is 5.19. The van der Waals surface area contributed by atoms with E-state index in [2.05, 4.69) is 17.1 Å². The van der Waals surface area contributed by atoms with Gasteiger partial charge in [-0.2, -0.15) is 0 Å². The Labute approximate surface area is 116 Å². The molecular weight excluding hydrogens is 240 g/mol. The number of nitrogens with one attached hydrogen (secondary N) is 1. The number of aliphatic hydroxyl groups is 1. The summed E-state index contributed by atoms with van der Waals surface area (Å²) in [5.74, 6) is 0. The van der Waals surface area contributed by atoms with Crippen LogP contribution in [0.3, 0.4) is 0 Å². The molecule has 0 aliphatic rings. The Kier molecular flexibility index (Phi) is 6.45. The van der Waals surface area contributed by atoms with Crippen LogP contribution in [0, 0.1) is 0 Å². The van der Waals surface area contributed by atoms with E-state index in [9.17, 15) is 5.11 Å². The van der Waals surface area contributed by atoms with Crippen molar-refractivity contribution in [2.45, 2.75) is 18.5 Å². The van der Waals surface area contributed by atoms with Gasteiger partial charge in [-0.05, 0) is 26.6 Å². The summed E-state index contributed by atoms with van der Waals surface area (Å²) in [6.45, 7) is 3.56. The molecule has 1 rings (SSSR count). The summed E-state index contributed by atoms with van der Waals surface area (Å²) >= 11 is 0. The molecule has 0 fully saturated rings. The molecule has 0 bridgehead atoms. The molecule has 0 radical (unpaired) electrons. The summed E-state index contributed by atoms with van der Waals surface area (Å²) in [5, 5.41) is 13.1. The van der Waals surface area contributed by atoms with Crippen LogP contribution < -0.4 is 5.32 Å². The maximum Gasteiger partial charge on any atom is 0.0795 e. The zero-order valence-electron chi connectivity index (χ0n) is 12.4. The van der Waals surface area contributed by atoms with Gasteiger partial charge < -0.3 is 15.2 Å². The first kappa shape index (κ1) is 16.1. The van der Waals surface area contributed by atoms with Gasteiger partial charge in [-0.3, -0.25) is 4.90 Å². The van der Waals surface area contributed by atoms with Crippen LogP contribution in [-0.2, 0) is 10.3 Å². The van der Waals surface area contributed by atoms with E-state index in [0.717, 1.165) is 5.56 Å². The number of benzene rings is 1. The van der Waals surface area contributed by atoms with Gasteiger partial charge in [0.1, 0.15) is 0 Å². The highest BCUT2D eigenvalue weighted by molar-refractivity contribution is 5.25. The minimum absolute atomic E-state index is 0.0531. The normalized spacial score (nSPS) is 16.3. The fraction of sp³-hybridized carbons (Fsp3) is 0.600. The molecule has 2 N–H and O–H groups in total. The molecule has 0 spiro atoms. The third-order valence-corrected chi connectivity index (χ3v) is 3.75. The van der Waals surface area contributed by atoms with Gasteiger partial charge in [0.05, 0.1) is 18.8 Å². The summed E-state index contributed by atoms with van der Waals surface area (Å²) in [6, 6.07) is 10.4. The fourth-order valence-electron chi connectivity index (χ4n) is 2.24. The number of ether oxygens (including phenoxy) is 1. The van der Waals surface area contributed by atoms with Crippen LogP contribution in [0.25, 0.3) is 0 Å². The van der Waals surface area contributed by atoms with E-state index in [-0.39, 0.29) is 6.61 Å². The number of likely N-dealkylation sites (N-methyl/N-ethyl adjacent to an activating group) is 2. The van der Waals surface area contributed by atoms with Crippen molar-refractivity contribution in [3.8, 4) is 0 Å². The molecule has 4 heteroatoms. The minimum atomic E-state index is -0.446. The molecule has 0 aliphatic carbocycles. The minimum Gasteiger partial charge on any atom is -0.394 e. The van der Waals surface area contributed by atoms with E-state index in [1.54, 1.807) is 7.11 Å². The fourth-order valence-corrected chi connectivity index (χ4v) is 2.24. The largest absolute Gasteiger partial charge is 0.394 e. The van der Waals surface area contributed by atoms with Crippen LogP contribution in [0.5, 0.6) is 0 Å². The molecule has 2 atom stereocenters. The first-order valence-corrected chi connectivity index (χ1v) is 6.64. The molecule has 0 saturated carbocycles. The van der Waals surface area contributed by atoms with Crippen LogP contribution in [0.15, 0.2) is 30.3 Å². The lowest BCUT2D eigenvalue weighted by Crippen LogP contribution is -2.53. The summed E-state index contributed by atoms with van der Waals surface area (Å²) in [5.41, 5.74) is 0.648. The van der Waals surface area contributed by atoms with Crippen molar-refractivity contribution in [3.63, 3.8) is 0 Å². The Morgan fingerprint density at radius 2 is 2.00 bits per heavy atom. The molecule has 2 unspecified atom stereocenters. The van der Waals surface area contributed by atoms with Gasteiger partial charge in [0, 0.05) is 19.7 Å². The van der Waals surface area contributed by atoms with E-state index in [0.29, 0.717) is 19.2 Å². The molecule has 1 aromatic rings. The maximum atomic E-state index is 9.87. The van der Waals surface area contributed by atoms with Crippen molar-refractivity contribution in [2.75, 3.05) is 41.0 Å². The lowest BCUT2D eigenvalue weighted by atomic mass is 9.90. The first-order valence-electron chi connectivity index (χ1n) is 6.64. The quantitative estimate of drug-likeness (QED) is 0.738. The van der Waals surface area contributed by atoms with Gasteiger partial charge in [-0.15, -0.1) is 0 Å². The highest BCUT2D eigenvalue weighted by Gasteiger charge is 2.32. The summed E-state index contributed by atoms with van der Waals surface area (Å²) in [7, 11) is 5.64. The Balaban J connectivity index is 2.88. The standard InChI is InChI=1S/C15H26N2O2/c1-13(10-19-4)17(3)11-15(12-18,16-2)14-8-6-5-7-9-14/h5-9,13,16,18H,10-12H2,1-4H3. The van der Waals surface area contributed by atoms with Gasteiger partial charge in [-0.1, -0.05) is 30.3 Å². The first-order chi connectivity index (χ1) is 9.09. The maximum absolute atomic E-state index is 9.87. The van der Waals surface area contributed by atoms with E-state index in [1.807, 2.05) is 44.4 Å². The van der Waals surface area contributed by atoms with Crippen LogP contribution in [0.2, 0.25) is 0 Å². The predicted molar refractivity (Wildman–Crippen MR) is 78.2 cm³/mol. The molecule has 4 nitrogen and oxygen atoms in total. The molecule has 19 heavy (non-hydrogen) atoms. The average Bonchev–Trinajstić information content (AvgIpc) is 2.46. The zero-order valence-corrected chi connectivity index (χ0v) is 12.4. The van der Waals surface area contributed by atoms with Gasteiger partial charge in [0.2, 0.25) is 0 Å². The van der Waals surface area contributed by atoms with Crippen molar-refractivity contribution in [3.05, 3.63) is 35.9 Å². The van der Waals surface area contributed by atoms with Crippen molar-refractivity contribution in [2.24, 2.45) is 0 Å². The van der Waals surface area contributed by atoms with Gasteiger partial charge >= 0.3 is 0 Å². The smallest absolute Gasteiger partial charge is 0.0795 e. The number of methoxy groups -OCH3 is 1. The zero-order chi connectivity index (χ0) is 14.3. The number of rotatable bonds is 8. The molecule has 108 valence electrons. The third kappa shape index (κ3) is 4.01. The molecule has 0 aliphatic heterocycles. The van der Waals surface area contributed by atoms with Crippen molar-refractivity contribution in [1.82, 2.24) is 10.2 Å². The molecule has 0 saturated heterocycles. The Bertz CT molecular complexity index is 352. The SMILES string of the molecule is CNC(CO)(CN(C)C(C)COC)c1ccccc1. The Hall–Kier alpha value is -0.940. The molecule has 0 aromatic heterocycles. The van der Waals surface area contributed by atoms with Crippen LogP contribution in [0.1, 0.15) is 12.5 Å². The van der Waals surface area contributed by atoms with Gasteiger partial charge in [-0.25, -0.2) is 0 Å². The number of hydrogen-bond acceptors (Lipinski definition) is 4. The van der Waals surface area contributed by atoms with E-state index >= 15 is 0 Å². The number of hydrogen-bond donors (Lipinski definition) is 2. The average molecular weight is 266 g/mol. The van der Waals surface area contributed by atoms with Crippen molar-refractivity contribution < 1.29 is 9.84 Å². The van der Waals surface area contributed by atoms with Crippen molar-refractivity contribution >= 4 is 0 Å². The second-order valence-electron chi connectivity index (χ2n) is 5.08. The van der Waals surface area contributed by atoms with Gasteiger partial charge in [0.15, 0.2) is 0 Å². The van der Waals surface area contributed by atoms with Crippen LogP contribution in [0.4, 0.5) is 0 Å². The monoisotopic (exact) mass is 266 g/mol. The van der Waals surface area contributed by atoms with E-state index < -0.39 is 5.54 Å². The van der Waals surface area contributed by atoms with Gasteiger partial charge in [0.25, 0.3) is 0 Å². The summed E-state index contributed by atoms with van der Waals surface area (Å²) in [6.07, 6.45) is 0. The highest BCUT2D eigenvalue weighted by Crippen LogP contribution is 2.22. The summed E-state index contributed by atoms with van der Waals surface area (Å²) in [4.78, 5) is 2.20. The Morgan fingerprint density at radius 1 is 1.37 bits per heavy atom. The van der Waals surface area contributed by atoms with E-state index in [4.69, 9.17) is 4.74 Å². The third-order valence-electron chi connectivity index (χ3n) is 3.75. The molecule has 0 amide bonds. The predicted octanol–water partition coefficient (Wildman–Crippen LogP) is 1.06.